The Morgan fingerprint density at radius 1 is 1.20 bits per heavy atom. The molecule has 0 atom stereocenters. The Labute approximate surface area is 123 Å². The van der Waals surface area contributed by atoms with Crippen molar-refractivity contribution < 1.29 is 0 Å². The first kappa shape index (κ1) is 14.3. The maximum absolute atomic E-state index is 8.81. The van der Waals surface area contributed by atoms with Crippen LogP contribution < -0.4 is 4.90 Å². The molecule has 2 rings (SSSR count). The van der Waals surface area contributed by atoms with Gasteiger partial charge in [-0.25, -0.2) is 9.97 Å². The van der Waals surface area contributed by atoms with E-state index in [1.807, 2.05) is 24.3 Å². The second-order valence-electron chi connectivity index (χ2n) is 4.43. The lowest BCUT2D eigenvalue weighted by atomic mass is 10.1. The van der Waals surface area contributed by atoms with Crippen molar-refractivity contribution in [1.82, 2.24) is 9.97 Å². The van der Waals surface area contributed by atoms with E-state index in [4.69, 9.17) is 16.9 Å². The fourth-order valence-corrected chi connectivity index (χ4v) is 1.99. The Hall–Kier alpha value is -2.12. The van der Waals surface area contributed by atoms with Crippen LogP contribution in [0.4, 0.5) is 5.95 Å². The number of anilines is 1. The molecule has 0 saturated heterocycles. The van der Waals surface area contributed by atoms with E-state index in [2.05, 4.69) is 27.9 Å². The van der Waals surface area contributed by atoms with Gasteiger partial charge in [0, 0.05) is 13.1 Å². The second kappa shape index (κ2) is 6.88. The number of aromatic nitrogens is 2. The van der Waals surface area contributed by atoms with Crippen LogP contribution in [0.1, 0.15) is 24.5 Å². The number of benzene rings is 1. The van der Waals surface area contributed by atoms with Crippen LogP contribution in [0, 0.1) is 11.3 Å². The highest BCUT2D eigenvalue weighted by atomic mass is 35.5. The molecule has 1 aromatic heterocycles. The van der Waals surface area contributed by atoms with E-state index in [9.17, 15) is 0 Å². The molecule has 0 radical (unpaired) electrons. The minimum Gasteiger partial charge on any atom is -0.337 e. The molecule has 1 aromatic carbocycles. The molecular weight excluding hydrogens is 272 g/mol. The molecule has 4 nitrogen and oxygen atoms in total. The van der Waals surface area contributed by atoms with Crippen molar-refractivity contribution >= 4 is 17.5 Å². The van der Waals surface area contributed by atoms with Gasteiger partial charge in [0.05, 0.1) is 29.0 Å². The van der Waals surface area contributed by atoms with Crippen LogP contribution in [0.15, 0.2) is 36.7 Å². The summed E-state index contributed by atoms with van der Waals surface area (Å²) >= 11 is 5.81. The van der Waals surface area contributed by atoms with Crippen molar-refractivity contribution in [3.05, 3.63) is 52.8 Å². The standard InChI is InChI=1S/C15H15ClN4/c1-2-7-20(15-18-9-14(16)10-19-15)11-13-5-3-12(8-17)4-6-13/h3-6,9-10H,2,7,11H2,1H3. The molecule has 102 valence electrons. The summed E-state index contributed by atoms with van der Waals surface area (Å²) in [7, 11) is 0. The van der Waals surface area contributed by atoms with Gasteiger partial charge in [0.2, 0.25) is 5.95 Å². The maximum atomic E-state index is 8.81. The zero-order chi connectivity index (χ0) is 14.4. The largest absolute Gasteiger partial charge is 0.337 e. The molecule has 0 spiro atoms. The van der Waals surface area contributed by atoms with Crippen molar-refractivity contribution in [3.63, 3.8) is 0 Å². The summed E-state index contributed by atoms with van der Waals surface area (Å²) < 4.78 is 0. The summed E-state index contributed by atoms with van der Waals surface area (Å²) in [6.45, 7) is 3.69. The van der Waals surface area contributed by atoms with Crippen molar-refractivity contribution in [3.8, 4) is 6.07 Å². The molecule has 0 N–H and O–H groups in total. The summed E-state index contributed by atoms with van der Waals surface area (Å²) in [5.41, 5.74) is 1.79. The Balaban J connectivity index is 2.16. The minimum atomic E-state index is 0.531. The average molecular weight is 287 g/mol. The third kappa shape index (κ3) is 3.69. The predicted octanol–water partition coefficient (Wildman–Crippen LogP) is 3.42. The van der Waals surface area contributed by atoms with E-state index in [1.54, 1.807) is 12.4 Å². The van der Waals surface area contributed by atoms with Gasteiger partial charge in [0.1, 0.15) is 0 Å². The van der Waals surface area contributed by atoms with Crippen LogP contribution in [0.25, 0.3) is 0 Å². The quantitative estimate of drug-likeness (QED) is 0.845. The summed E-state index contributed by atoms with van der Waals surface area (Å²) in [4.78, 5) is 10.6. The van der Waals surface area contributed by atoms with Crippen molar-refractivity contribution in [2.45, 2.75) is 19.9 Å². The number of nitrogens with zero attached hydrogens (tertiary/aromatic N) is 4. The van der Waals surface area contributed by atoms with Gasteiger partial charge in [0.15, 0.2) is 0 Å². The summed E-state index contributed by atoms with van der Waals surface area (Å²) in [5, 5.41) is 9.34. The SMILES string of the molecule is CCCN(Cc1ccc(C#N)cc1)c1ncc(Cl)cn1. The van der Waals surface area contributed by atoms with E-state index in [1.165, 1.54) is 0 Å². The van der Waals surface area contributed by atoms with Crippen LogP contribution in [0.5, 0.6) is 0 Å². The lowest BCUT2D eigenvalue weighted by molar-refractivity contribution is 0.739. The molecule has 0 saturated carbocycles. The topological polar surface area (TPSA) is 52.8 Å². The first-order valence-electron chi connectivity index (χ1n) is 6.44. The van der Waals surface area contributed by atoms with E-state index in [0.717, 1.165) is 18.5 Å². The van der Waals surface area contributed by atoms with Gasteiger partial charge in [0.25, 0.3) is 0 Å². The minimum absolute atomic E-state index is 0.531. The van der Waals surface area contributed by atoms with Crippen LogP contribution in [-0.4, -0.2) is 16.5 Å². The van der Waals surface area contributed by atoms with Crippen LogP contribution in [0.2, 0.25) is 5.02 Å². The second-order valence-corrected chi connectivity index (χ2v) is 4.87. The molecule has 0 aliphatic rings. The smallest absolute Gasteiger partial charge is 0.225 e. The molecule has 20 heavy (non-hydrogen) atoms. The van der Waals surface area contributed by atoms with Crippen LogP contribution in [-0.2, 0) is 6.54 Å². The highest BCUT2D eigenvalue weighted by molar-refractivity contribution is 6.30. The normalized spacial score (nSPS) is 10.1. The van der Waals surface area contributed by atoms with E-state index >= 15 is 0 Å². The third-order valence-electron chi connectivity index (χ3n) is 2.84. The lowest BCUT2D eigenvalue weighted by Crippen LogP contribution is -2.25. The molecule has 1 heterocycles. The van der Waals surface area contributed by atoms with Crippen molar-refractivity contribution in [2.75, 3.05) is 11.4 Å². The molecule has 0 fully saturated rings. The van der Waals surface area contributed by atoms with E-state index in [0.29, 0.717) is 23.1 Å². The number of hydrogen-bond donors (Lipinski definition) is 0. The van der Waals surface area contributed by atoms with Gasteiger partial charge in [-0.3, -0.25) is 0 Å². The van der Waals surface area contributed by atoms with E-state index < -0.39 is 0 Å². The Bertz CT molecular complexity index is 587. The first-order chi connectivity index (χ1) is 9.72. The molecule has 0 aliphatic heterocycles. The molecule has 0 unspecified atom stereocenters. The predicted molar refractivity (Wildman–Crippen MR) is 79.5 cm³/mol. The van der Waals surface area contributed by atoms with Gasteiger partial charge in [-0.2, -0.15) is 5.26 Å². The molecule has 0 bridgehead atoms. The molecule has 0 amide bonds. The van der Waals surface area contributed by atoms with Crippen LogP contribution in [0.3, 0.4) is 0 Å². The summed E-state index contributed by atoms with van der Waals surface area (Å²) in [6, 6.07) is 9.67. The molecular formula is C15H15ClN4. The highest BCUT2D eigenvalue weighted by Crippen LogP contribution is 2.15. The third-order valence-corrected chi connectivity index (χ3v) is 3.03. The fourth-order valence-electron chi connectivity index (χ4n) is 1.89. The van der Waals surface area contributed by atoms with E-state index in [-0.39, 0.29) is 0 Å². The molecule has 2 aromatic rings. The van der Waals surface area contributed by atoms with Gasteiger partial charge in [-0.05, 0) is 24.1 Å². The lowest BCUT2D eigenvalue weighted by Gasteiger charge is -2.22. The zero-order valence-corrected chi connectivity index (χ0v) is 12.0. The number of nitriles is 1. The number of rotatable bonds is 5. The Morgan fingerprint density at radius 2 is 1.85 bits per heavy atom. The van der Waals surface area contributed by atoms with Gasteiger partial charge < -0.3 is 4.90 Å². The Kier molecular flexibility index (Phi) is 4.91. The molecule has 5 heteroatoms. The van der Waals surface area contributed by atoms with Crippen molar-refractivity contribution in [2.24, 2.45) is 0 Å². The molecule has 0 aliphatic carbocycles. The fraction of sp³-hybridized carbons (Fsp3) is 0.267. The number of halogens is 1. The average Bonchev–Trinajstić information content (AvgIpc) is 2.48. The van der Waals surface area contributed by atoms with Crippen LogP contribution >= 0.6 is 11.6 Å². The summed E-state index contributed by atoms with van der Waals surface area (Å²) in [5.74, 6) is 0.667. The highest BCUT2D eigenvalue weighted by Gasteiger charge is 2.09. The van der Waals surface area contributed by atoms with Gasteiger partial charge >= 0.3 is 0 Å². The van der Waals surface area contributed by atoms with Crippen molar-refractivity contribution in [1.29, 1.82) is 5.26 Å². The monoisotopic (exact) mass is 286 g/mol. The van der Waals surface area contributed by atoms with Gasteiger partial charge in [-0.1, -0.05) is 30.7 Å². The zero-order valence-electron chi connectivity index (χ0n) is 11.3. The Morgan fingerprint density at radius 3 is 2.40 bits per heavy atom. The summed E-state index contributed by atoms with van der Waals surface area (Å²) in [6.07, 6.45) is 4.21. The number of hydrogen-bond acceptors (Lipinski definition) is 4. The maximum Gasteiger partial charge on any atom is 0.225 e. The first-order valence-corrected chi connectivity index (χ1v) is 6.82. The van der Waals surface area contributed by atoms with Gasteiger partial charge in [-0.15, -0.1) is 0 Å².